The van der Waals surface area contributed by atoms with Crippen LogP contribution in [0.5, 0.6) is 0 Å². The normalized spacial score (nSPS) is 10.6. The van der Waals surface area contributed by atoms with E-state index in [1.54, 1.807) is 24.3 Å². The van der Waals surface area contributed by atoms with Crippen LogP contribution in [-0.2, 0) is 4.74 Å². The molecule has 0 atom stereocenters. The maximum atomic E-state index is 12.6. The molecule has 0 radical (unpaired) electrons. The molecule has 1 heterocycles. The van der Waals surface area contributed by atoms with Crippen molar-refractivity contribution in [2.45, 2.75) is 0 Å². The minimum Gasteiger partial charge on any atom is -0.465 e. The number of methoxy groups -OCH3 is 1. The molecule has 6 heteroatoms. The molecule has 0 saturated heterocycles. The first-order valence-electron chi connectivity index (χ1n) is 8.59. The summed E-state index contributed by atoms with van der Waals surface area (Å²) in [6, 6.07) is 20.8. The van der Waals surface area contributed by atoms with Crippen molar-refractivity contribution < 1.29 is 14.3 Å². The fourth-order valence-corrected chi connectivity index (χ4v) is 3.66. The summed E-state index contributed by atoms with van der Waals surface area (Å²) in [5.74, 6) is -0.956. The molecule has 0 saturated carbocycles. The molecule has 0 fully saturated rings. The van der Waals surface area contributed by atoms with Crippen LogP contribution in [0, 0.1) is 0 Å². The van der Waals surface area contributed by atoms with Gasteiger partial charge in [0.1, 0.15) is 0 Å². The Kier molecular flexibility index (Phi) is 4.87. The maximum Gasteiger partial charge on any atom is 0.338 e. The predicted molar refractivity (Wildman–Crippen MR) is 111 cm³/mol. The zero-order chi connectivity index (χ0) is 19.5. The zero-order valence-corrected chi connectivity index (χ0v) is 15.8. The quantitative estimate of drug-likeness (QED) is 0.500. The van der Waals surface area contributed by atoms with Gasteiger partial charge in [-0.15, -0.1) is 11.3 Å². The Morgan fingerprint density at radius 2 is 1.64 bits per heavy atom. The number of aromatic nitrogens is 1. The van der Waals surface area contributed by atoms with Crippen molar-refractivity contribution in [3.05, 3.63) is 83.2 Å². The standard InChI is InChI=1S/C22H16N2O3S/c1-27-21(26)18-9-5-4-8-17(18)20(25)24-22-23-19(13-28-22)16-11-10-14-6-2-3-7-15(14)12-16/h2-13H,1H3,(H,23,24,25). The molecule has 0 bridgehead atoms. The first-order chi connectivity index (χ1) is 13.7. The third-order valence-electron chi connectivity index (χ3n) is 4.35. The number of amides is 1. The molecule has 5 nitrogen and oxygen atoms in total. The fourth-order valence-electron chi connectivity index (χ4n) is 2.95. The molecule has 0 spiro atoms. The summed E-state index contributed by atoms with van der Waals surface area (Å²) in [6.07, 6.45) is 0. The van der Waals surface area contributed by atoms with Crippen LogP contribution in [0.3, 0.4) is 0 Å². The highest BCUT2D eigenvalue weighted by Gasteiger charge is 2.18. The topological polar surface area (TPSA) is 68.3 Å². The van der Waals surface area contributed by atoms with E-state index in [2.05, 4.69) is 34.6 Å². The number of thiazole rings is 1. The van der Waals surface area contributed by atoms with Crippen molar-refractivity contribution in [3.63, 3.8) is 0 Å². The molecular formula is C22H16N2O3S. The number of esters is 1. The molecule has 138 valence electrons. The lowest BCUT2D eigenvalue weighted by Gasteiger charge is -2.07. The summed E-state index contributed by atoms with van der Waals surface area (Å²) in [7, 11) is 1.29. The van der Waals surface area contributed by atoms with Crippen molar-refractivity contribution in [1.82, 2.24) is 4.98 Å². The van der Waals surface area contributed by atoms with Gasteiger partial charge in [-0.05, 0) is 29.0 Å². The van der Waals surface area contributed by atoms with Gasteiger partial charge in [0.25, 0.3) is 5.91 Å². The second kappa shape index (κ2) is 7.62. The SMILES string of the molecule is COC(=O)c1ccccc1C(=O)Nc1nc(-c2ccc3ccccc3c2)cs1. The van der Waals surface area contributed by atoms with Gasteiger partial charge in [0.2, 0.25) is 0 Å². The van der Waals surface area contributed by atoms with Crippen LogP contribution in [-0.4, -0.2) is 24.0 Å². The number of ether oxygens (including phenoxy) is 1. The second-order valence-corrected chi connectivity index (χ2v) is 6.95. The van der Waals surface area contributed by atoms with Gasteiger partial charge in [0.15, 0.2) is 5.13 Å². The van der Waals surface area contributed by atoms with Crippen molar-refractivity contribution in [1.29, 1.82) is 0 Å². The average molecular weight is 388 g/mol. The van der Waals surface area contributed by atoms with Gasteiger partial charge in [-0.2, -0.15) is 0 Å². The molecular weight excluding hydrogens is 372 g/mol. The summed E-state index contributed by atoms with van der Waals surface area (Å²) < 4.78 is 4.74. The van der Waals surface area contributed by atoms with Gasteiger partial charge < -0.3 is 4.74 Å². The molecule has 0 aliphatic heterocycles. The van der Waals surface area contributed by atoms with E-state index in [0.717, 1.165) is 22.0 Å². The van der Waals surface area contributed by atoms with Crippen molar-refractivity contribution >= 4 is 39.1 Å². The molecule has 0 aliphatic carbocycles. The predicted octanol–water partition coefficient (Wildman–Crippen LogP) is 5.00. The Morgan fingerprint density at radius 1 is 0.929 bits per heavy atom. The number of nitrogens with one attached hydrogen (secondary N) is 1. The number of rotatable bonds is 4. The summed E-state index contributed by atoms with van der Waals surface area (Å²) in [5.41, 5.74) is 2.23. The summed E-state index contributed by atoms with van der Waals surface area (Å²) in [5, 5.41) is 7.42. The first-order valence-corrected chi connectivity index (χ1v) is 9.47. The lowest BCUT2D eigenvalue weighted by Crippen LogP contribution is -2.17. The Morgan fingerprint density at radius 3 is 2.43 bits per heavy atom. The van der Waals surface area contributed by atoms with Crippen LogP contribution in [0.4, 0.5) is 5.13 Å². The molecule has 1 aromatic heterocycles. The van der Waals surface area contributed by atoms with Gasteiger partial charge in [-0.25, -0.2) is 9.78 Å². The Hall–Kier alpha value is -3.51. The fraction of sp³-hybridized carbons (Fsp3) is 0.0455. The van der Waals surface area contributed by atoms with E-state index in [4.69, 9.17) is 4.74 Å². The molecule has 1 N–H and O–H groups in total. The molecule has 0 unspecified atom stereocenters. The van der Waals surface area contributed by atoms with Crippen LogP contribution in [0.2, 0.25) is 0 Å². The Labute approximate surface area is 165 Å². The van der Waals surface area contributed by atoms with Crippen LogP contribution < -0.4 is 5.32 Å². The Balaban J connectivity index is 1.58. The number of hydrogen-bond donors (Lipinski definition) is 1. The highest BCUT2D eigenvalue weighted by Crippen LogP contribution is 2.28. The lowest BCUT2D eigenvalue weighted by molar-refractivity contribution is 0.0597. The molecule has 0 aliphatic rings. The molecule has 4 aromatic rings. The van der Waals surface area contributed by atoms with E-state index in [1.807, 2.05) is 23.6 Å². The Bertz CT molecular complexity index is 1180. The maximum absolute atomic E-state index is 12.6. The third-order valence-corrected chi connectivity index (χ3v) is 5.10. The lowest BCUT2D eigenvalue weighted by atomic mass is 10.1. The van der Waals surface area contributed by atoms with E-state index in [1.165, 1.54) is 18.4 Å². The van der Waals surface area contributed by atoms with Gasteiger partial charge in [0.05, 0.1) is 23.9 Å². The number of carbonyl (C=O) groups excluding carboxylic acids is 2. The number of anilines is 1. The monoisotopic (exact) mass is 388 g/mol. The number of benzene rings is 3. The average Bonchev–Trinajstić information content (AvgIpc) is 3.21. The van der Waals surface area contributed by atoms with E-state index >= 15 is 0 Å². The zero-order valence-electron chi connectivity index (χ0n) is 15.0. The third kappa shape index (κ3) is 3.50. The second-order valence-electron chi connectivity index (χ2n) is 6.09. The summed E-state index contributed by atoms with van der Waals surface area (Å²) in [4.78, 5) is 29.0. The largest absolute Gasteiger partial charge is 0.465 e. The molecule has 28 heavy (non-hydrogen) atoms. The van der Waals surface area contributed by atoms with E-state index < -0.39 is 11.9 Å². The smallest absolute Gasteiger partial charge is 0.338 e. The van der Waals surface area contributed by atoms with Crippen LogP contribution in [0.25, 0.3) is 22.0 Å². The summed E-state index contributed by atoms with van der Waals surface area (Å²) >= 11 is 1.33. The van der Waals surface area contributed by atoms with Gasteiger partial charge in [-0.1, -0.05) is 48.5 Å². The summed E-state index contributed by atoms with van der Waals surface area (Å²) in [6.45, 7) is 0. The molecule has 3 aromatic carbocycles. The van der Waals surface area contributed by atoms with E-state index in [0.29, 0.717) is 5.13 Å². The minimum atomic E-state index is -0.554. The van der Waals surface area contributed by atoms with E-state index in [-0.39, 0.29) is 11.1 Å². The van der Waals surface area contributed by atoms with Gasteiger partial charge in [0, 0.05) is 10.9 Å². The highest BCUT2D eigenvalue weighted by molar-refractivity contribution is 7.14. The van der Waals surface area contributed by atoms with Crippen LogP contribution in [0.15, 0.2) is 72.1 Å². The number of nitrogens with zero attached hydrogens (tertiary/aromatic N) is 1. The number of carbonyl (C=O) groups is 2. The number of hydrogen-bond acceptors (Lipinski definition) is 5. The van der Waals surface area contributed by atoms with E-state index in [9.17, 15) is 9.59 Å². The first kappa shape index (κ1) is 17.9. The van der Waals surface area contributed by atoms with Crippen molar-refractivity contribution in [3.8, 4) is 11.3 Å². The highest BCUT2D eigenvalue weighted by atomic mass is 32.1. The van der Waals surface area contributed by atoms with Crippen LogP contribution in [0.1, 0.15) is 20.7 Å². The van der Waals surface area contributed by atoms with Gasteiger partial charge >= 0.3 is 5.97 Å². The van der Waals surface area contributed by atoms with Crippen molar-refractivity contribution in [2.24, 2.45) is 0 Å². The minimum absolute atomic E-state index is 0.216. The van der Waals surface area contributed by atoms with Crippen molar-refractivity contribution in [2.75, 3.05) is 12.4 Å². The number of fused-ring (bicyclic) bond motifs is 1. The molecule has 1 amide bonds. The molecule has 4 rings (SSSR count). The van der Waals surface area contributed by atoms with Gasteiger partial charge in [-0.3, -0.25) is 10.1 Å². The van der Waals surface area contributed by atoms with Crippen LogP contribution >= 0.6 is 11.3 Å².